The first-order valence-electron chi connectivity index (χ1n) is 21.3. The quantitative estimate of drug-likeness (QED) is 0.197. The molecule has 0 saturated carbocycles. The molecule has 0 spiro atoms. The van der Waals surface area contributed by atoms with Gasteiger partial charge >= 0.3 is 18.0 Å². The number of fused-ring (bicyclic) bond motifs is 1. The molecular formula is C47H66N2O11. The summed E-state index contributed by atoms with van der Waals surface area (Å²) in [4.78, 5) is 57.1. The second-order valence-corrected chi connectivity index (χ2v) is 17.8. The molecule has 1 amide bonds. The topological polar surface area (TPSA) is 159 Å². The number of nitrogens with one attached hydrogen (secondary N) is 1. The van der Waals surface area contributed by atoms with Gasteiger partial charge in [-0.05, 0) is 85.7 Å². The zero-order valence-corrected chi connectivity index (χ0v) is 37.1. The molecule has 0 radical (unpaired) electrons. The minimum atomic E-state index is -1.37. The SMILES string of the molecule is CC[C@@H]1OC(=O)[C@H](C)[C@H](O)[C@H](C)[C@@H](O[C@@H]2O[C@H](C)C[C@H](N(C)C)[C@H]2OC(=O)c2ccccc2)[C@@](C)(OC/C=C/c2ccc(C)cc2)C[C@@H](C)C(=O)[C@@H](C)[C@H]2NC(=O)O[C@]12C. The van der Waals surface area contributed by atoms with Crippen LogP contribution in [0.1, 0.15) is 96.1 Å². The van der Waals surface area contributed by atoms with Crippen molar-refractivity contribution < 1.29 is 52.7 Å². The van der Waals surface area contributed by atoms with Crippen LogP contribution < -0.4 is 5.32 Å². The summed E-state index contributed by atoms with van der Waals surface area (Å²) in [7, 11) is 3.80. The number of carbonyl (C=O) groups is 4. The maximum atomic E-state index is 14.6. The number of amides is 1. The third kappa shape index (κ3) is 10.5. The third-order valence-electron chi connectivity index (χ3n) is 12.8. The Kier molecular flexibility index (Phi) is 15.4. The molecule has 2 aromatic rings. The Morgan fingerprint density at radius 3 is 2.28 bits per heavy atom. The third-order valence-corrected chi connectivity index (χ3v) is 12.8. The molecular weight excluding hydrogens is 769 g/mol. The summed E-state index contributed by atoms with van der Waals surface area (Å²) in [6.45, 7) is 16.3. The lowest BCUT2D eigenvalue weighted by molar-refractivity contribution is -0.302. The normalized spacial score (nSPS) is 36.9. The molecule has 0 aliphatic carbocycles. The van der Waals surface area contributed by atoms with E-state index in [1.165, 1.54) is 0 Å². The minimum absolute atomic E-state index is 0.0958. The van der Waals surface area contributed by atoms with Gasteiger partial charge < -0.3 is 43.7 Å². The number of hydrogen-bond donors (Lipinski definition) is 2. The molecule has 330 valence electrons. The van der Waals surface area contributed by atoms with Crippen molar-refractivity contribution in [3.05, 3.63) is 77.4 Å². The molecule has 13 heteroatoms. The Bertz CT molecular complexity index is 1820. The number of ketones is 1. The Hall–Kier alpha value is -4.14. The minimum Gasteiger partial charge on any atom is -0.458 e. The van der Waals surface area contributed by atoms with Crippen LogP contribution in [0, 0.1) is 30.6 Å². The molecule has 2 N–H and O–H groups in total. The van der Waals surface area contributed by atoms with Crippen molar-refractivity contribution in [3.63, 3.8) is 0 Å². The number of likely N-dealkylation sites (N-methyl/N-ethyl adjacent to an activating group) is 1. The lowest BCUT2D eigenvalue weighted by atomic mass is 9.73. The van der Waals surface area contributed by atoms with Gasteiger partial charge in [-0.1, -0.05) is 87.9 Å². The molecule has 0 bridgehead atoms. The number of rotatable bonds is 10. The molecule has 3 aliphatic heterocycles. The van der Waals surface area contributed by atoms with E-state index in [2.05, 4.69) is 5.32 Å². The van der Waals surface area contributed by atoms with Gasteiger partial charge in [0, 0.05) is 17.8 Å². The predicted molar refractivity (Wildman–Crippen MR) is 226 cm³/mol. The lowest BCUT2D eigenvalue weighted by Gasteiger charge is -2.49. The fourth-order valence-electron chi connectivity index (χ4n) is 9.26. The largest absolute Gasteiger partial charge is 0.458 e. The van der Waals surface area contributed by atoms with Gasteiger partial charge in [0.05, 0.1) is 54.1 Å². The Morgan fingerprint density at radius 2 is 1.65 bits per heavy atom. The van der Waals surface area contributed by atoms with Gasteiger partial charge in [-0.2, -0.15) is 0 Å². The number of alkyl carbamates (subject to hydrolysis) is 1. The first kappa shape index (κ1) is 46.9. The van der Waals surface area contributed by atoms with Crippen LogP contribution in [0.3, 0.4) is 0 Å². The zero-order chi connectivity index (χ0) is 44.1. The molecule has 0 aromatic heterocycles. The highest BCUT2D eigenvalue weighted by Gasteiger charge is 2.57. The molecule has 3 heterocycles. The predicted octanol–water partition coefficient (Wildman–Crippen LogP) is 6.53. The summed E-state index contributed by atoms with van der Waals surface area (Å²) in [5, 5.41) is 15.0. The van der Waals surface area contributed by atoms with Gasteiger partial charge in [0.2, 0.25) is 0 Å². The average molecular weight is 835 g/mol. The number of nitrogens with zero attached hydrogens (tertiary/aromatic N) is 1. The molecule has 5 rings (SSSR count). The van der Waals surface area contributed by atoms with E-state index in [4.69, 9.17) is 28.4 Å². The fourth-order valence-corrected chi connectivity index (χ4v) is 9.26. The molecule has 13 nitrogen and oxygen atoms in total. The number of carbonyl (C=O) groups excluding carboxylic acids is 4. The van der Waals surface area contributed by atoms with Crippen molar-refractivity contribution in [3.8, 4) is 0 Å². The molecule has 3 saturated heterocycles. The van der Waals surface area contributed by atoms with Gasteiger partial charge in [-0.15, -0.1) is 0 Å². The van der Waals surface area contributed by atoms with E-state index in [0.29, 0.717) is 12.0 Å². The second kappa shape index (κ2) is 19.7. The number of hydrogen-bond acceptors (Lipinski definition) is 12. The number of ether oxygens (including phenoxy) is 6. The van der Waals surface area contributed by atoms with Gasteiger partial charge in [0.1, 0.15) is 11.9 Å². The van der Waals surface area contributed by atoms with E-state index >= 15 is 0 Å². The van der Waals surface area contributed by atoms with Crippen molar-refractivity contribution in [2.24, 2.45) is 23.7 Å². The van der Waals surface area contributed by atoms with E-state index in [-0.39, 0.29) is 37.4 Å². The number of esters is 2. The van der Waals surface area contributed by atoms with Crippen LogP contribution in [0.4, 0.5) is 4.79 Å². The van der Waals surface area contributed by atoms with Crippen molar-refractivity contribution in [1.82, 2.24) is 10.2 Å². The summed E-state index contributed by atoms with van der Waals surface area (Å²) >= 11 is 0. The number of aliphatic hydroxyl groups excluding tert-OH is 1. The van der Waals surface area contributed by atoms with Crippen molar-refractivity contribution in [2.75, 3.05) is 20.7 Å². The van der Waals surface area contributed by atoms with Crippen molar-refractivity contribution in [2.45, 2.75) is 142 Å². The Morgan fingerprint density at radius 1 is 0.983 bits per heavy atom. The summed E-state index contributed by atoms with van der Waals surface area (Å²) in [6.07, 6.45) is -1.71. The van der Waals surface area contributed by atoms with Crippen molar-refractivity contribution in [1.29, 1.82) is 0 Å². The smallest absolute Gasteiger partial charge is 0.408 e. The summed E-state index contributed by atoms with van der Waals surface area (Å²) in [5.41, 5.74) is -0.239. The highest BCUT2D eigenvalue weighted by molar-refractivity contribution is 5.89. The van der Waals surface area contributed by atoms with Gasteiger partial charge in [0.15, 0.2) is 18.0 Å². The van der Waals surface area contributed by atoms with E-state index < -0.39 is 89.7 Å². The van der Waals surface area contributed by atoms with Crippen LogP contribution in [0.25, 0.3) is 6.08 Å². The molecule has 2 aromatic carbocycles. The Labute approximate surface area is 355 Å². The lowest BCUT2D eigenvalue weighted by Crippen LogP contribution is -2.61. The maximum Gasteiger partial charge on any atom is 0.408 e. The molecule has 0 unspecified atom stereocenters. The number of Topliss-reactive ketones (excluding diaryl/α,β-unsaturated/α-hetero) is 1. The van der Waals surface area contributed by atoms with Crippen LogP contribution in [-0.2, 0) is 38.0 Å². The van der Waals surface area contributed by atoms with Gasteiger partial charge in [-0.25, -0.2) is 9.59 Å². The number of benzene rings is 2. The molecule has 3 fully saturated rings. The highest BCUT2D eigenvalue weighted by Crippen LogP contribution is 2.41. The summed E-state index contributed by atoms with van der Waals surface area (Å²) in [6, 6.07) is 15.6. The monoisotopic (exact) mass is 834 g/mol. The van der Waals surface area contributed by atoms with E-state index in [9.17, 15) is 24.3 Å². The average Bonchev–Trinajstić information content (AvgIpc) is 3.54. The van der Waals surface area contributed by atoms with Gasteiger partial charge in [0.25, 0.3) is 0 Å². The molecule has 60 heavy (non-hydrogen) atoms. The zero-order valence-electron chi connectivity index (χ0n) is 37.1. The standard InChI is InChI=1S/C47H66N2O11/c1-12-36-47(9)40(48-45(54)60-47)30(5)37(50)28(3)26-46(8,55-24-16-17-33-22-20-27(2)21-23-33)41(31(6)38(51)32(7)42(52)57-36)59-44-39(35(49(10)11)25-29(4)56-44)58-43(53)34-18-14-13-15-19-34/h13-23,28-32,35-36,38-41,44,51H,12,24-26H2,1-11H3,(H,48,54)/b17-16+/t28-,29-,30-,31+,32-,35+,36+,38-,39-,40-,41-,44+,46+,47-/m1/s1. The molecule has 3 aliphatic rings. The van der Waals surface area contributed by atoms with E-state index in [0.717, 1.165) is 11.1 Å². The number of aryl methyl sites for hydroxylation is 1. The van der Waals surface area contributed by atoms with E-state index in [1.54, 1.807) is 52.0 Å². The van der Waals surface area contributed by atoms with Crippen LogP contribution >= 0.6 is 0 Å². The summed E-state index contributed by atoms with van der Waals surface area (Å²) < 4.78 is 38.6. The van der Waals surface area contributed by atoms with Crippen LogP contribution in [-0.4, -0.2) is 115 Å². The molecule has 14 atom stereocenters. The first-order chi connectivity index (χ1) is 28.3. The van der Waals surface area contributed by atoms with Crippen LogP contribution in [0.2, 0.25) is 0 Å². The maximum absolute atomic E-state index is 14.6. The fraction of sp³-hybridized carbons (Fsp3) is 0.617. The highest BCUT2D eigenvalue weighted by atomic mass is 16.7. The van der Waals surface area contributed by atoms with Gasteiger partial charge in [-0.3, -0.25) is 9.59 Å². The Balaban J connectivity index is 1.60. The second-order valence-electron chi connectivity index (χ2n) is 17.8. The first-order valence-corrected chi connectivity index (χ1v) is 21.3. The van der Waals surface area contributed by atoms with Crippen molar-refractivity contribution >= 4 is 29.9 Å². The van der Waals surface area contributed by atoms with E-state index in [1.807, 2.05) is 96.1 Å². The number of cyclic esters (lactones) is 1. The van der Waals surface area contributed by atoms with Crippen LogP contribution in [0.15, 0.2) is 60.7 Å². The van der Waals surface area contributed by atoms with Crippen LogP contribution in [0.5, 0.6) is 0 Å². The number of aliphatic hydroxyl groups is 1. The summed E-state index contributed by atoms with van der Waals surface area (Å²) in [5.74, 6) is -4.79.